The first-order valence-electron chi connectivity index (χ1n) is 6.42. The Morgan fingerprint density at radius 1 is 1.32 bits per heavy atom. The predicted molar refractivity (Wildman–Crippen MR) is 75.0 cm³/mol. The first-order valence-corrected chi connectivity index (χ1v) is 7.90. The molecule has 0 amide bonds. The fourth-order valence-electron chi connectivity index (χ4n) is 1.94. The van der Waals surface area contributed by atoms with Gasteiger partial charge in [0.2, 0.25) is 10.0 Å². The smallest absolute Gasteiger partial charge is 0.208 e. The molecule has 1 aromatic rings. The van der Waals surface area contributed by atoms with Crippen molar-refractivity contribution in [3.8, 4) is 6.07 Å². The van der Waals surface area contributed by atoms with Gasteiger partial charge in [-0.2, -0.15) is 5.26 Å². The molecule has 0 saturated carbocycles. The van der Waals surface area contributed by atoms with E-state index in [1.54, 1.807) is 12.1 Å². The second-order valence-corrected chi connectivity index (χ2v) is 6.56. The van der Waals surface area contributed by atoms with Gasteiger partial charge in [-0.05, 0) is 31.4 Å². The zero-order chi connectivity index (χ0) is 14.5. The molecule has 0 aliphatic carbocycles. The average molecular weight is 280 g/mol. The summed E-state index contributed by atoms with van der Waals surface area (Å²) in [6.07, 6.45) is 1.80. The number of nitrogens with one attached hydrogen (secondary N) is 1. The molecule has 0 radical (unpaired) electrons. The Labute approximate surface area is 115 Å². The van der Waals surface area contributed by atoms with Crippen molar-refractivity contribution >= 4 is 10.0 Å². The normalized spacial score (nSPS) is 14.6. The van der Waals surface area contributed by atoms with E-state index in [1.165, 1.54) is 12.1 Å². The lowest BCUT2D eigenvalue weighted by atomic mass is 10.0. The van der Waals surface area contributed by atoms with E-state index in [0.717, 1.165) is 12.8 Å². The molecular weight excluding hydrogens is 260 g/mol. The summed E-state index contributed by atoms with van der Waals surface area (Å²) >= 11 is 0. The van der Waals surface area contributed by atoms with Gasteiger partial charge < -0.3 is 0 Å². The topological polar surface area (TPSA) is 70.0 Å². The molecule has 1 aromatic carbocycles. The van der Waals surface area contributed by atoms with Crippen molar-refractivity contribution in [3.05, 3.63) is 29.8 Å². The van der Waals surface area contributed by atoms with Crippen LogP contribution in [0.15, 0.2) is 29.2 Å². The van der Waals surface area contributed by atoms with Crippen molar-refractivity contribution in [1.82, 2.24) is 4.72 Å². The van der Waals surface area contributed by atoms with Gasteiger partial charge in [0, 0.05) is 6.04 Å². The summed E-state index contributed by atoms with van der Waals surface area (Å²) in [7, 11) is -3.63. The van der Waals surface area contributed by atoms with E-state index >= 15 is 0 Å². The molecule has 5 heteroatoms. The van der Waals surface area contributed by atoms with Crippen molar-refractivity contribution in [1.29, 1.82) is 5.26 Å². The summed E-state index contributed by atoms with van der Waals surface area (Å²) in [4.78, 5) is 0.0495. The van der Waals surface area contributed by atoms with Gasteiger partial charge in [0.15, 0.2) is 0 Å². The first kappa shape index (κ1) is 15.7. The van der Waals surface area contributed by atoms with E-state index in [9.17, 15) is 8.42 Å². The fourth-order valence-corrected chi connectivity index (χ4v) is 3.35. The molecule has 0 aliphatic heterocycles. The molecule has 19 heavy (non-hydrogen) atoms. The molecule has 0 heterocycles. The Morgan fingerprint density at radius 3 is 2.53 bits per heavy atom. The monoisotopic (exact) mass is 280 g/mol. The fraction of sp³-hybridized carbons (Fsp3) is 0.500. The minimum absolute atomic E-state index is 0.0495. The van der Waals surface area contributed by atoms with E-state index in [2.05, 4.69) is 18.6 Å². The summed E-state index contributed by atoms with van der Waals surface area (Å²) in [5.74, 6) is 0.462. The Kier molecular flexibility index (Phi) is 5.52. The molecular formula is C14H20N2O2S. The van der Waals surface area contributed by atoms with Crippen LogP contribution in [-0.4, -0.2) is 14.5 Å². The molecule has 0 fully saturated rings. The molecule has 104 valence electrons. The highest BCUT2D eigenvalue weighted by atomic mass is 32.2. The Balaban J connectivity index is 2.90. The predicted octanol–water partition coefficient (Wildman–Crippen LogP) is 2.66. The number of rotatable bonds is 6. The van der Waals surface area contributed by atoms with Crippen LogP contribution >= 0.6 is 0 Å². The highest BCUT2D eigenvalue weighted by molar-refractivity contribution is 7.89. The molecule has 1 N–H and O–H groups in total. The molecule has 0 aliphatic rings. The van der Waals surface area contributed by atoms with Crippen molar-refractivity contribution in [2.45, 2.75) is 44.6 Å². The maximum atomic E-state index is 12.2. The SMILES string of the molecule is CCC(C)CC(C)NS(=O)(=O)c1ccccc1C#N. The number of benzene rings is 1. The summed E-state index contributed by atoms with van der Waals surface area (Å²) in [5, 5.41) is 8.96. The molecule has 0 aromatic heterocycles. The molecule has 0 saturated heterocycles. The van der Waals surface area contributed by atoms with E-state index in [-0.39, 0.29) is 16.5 Å². The van der Waals surface area contributed by atoms with Gasteiger partial charge in [-0.3, -0.25) is 0 Å². The van der Waals surface area contributed by atoms with E-state index < -0.39 is 10.0 Å². The van der Waals surface area contributed by atoms with E-state index in [4.69, 9.17) is 5.26 Å². The quantitative estimate of drug-likeness (QED) is 0.871. The van der Waals surface area contributed by atoms with Crippen LogP contribution in [0.25, 0.3) is 0 Å². The summed E-state index contributed by atoms with van der Waals surface area (Å²) in [5.41, 5.74) is 0.172. The van der Waals surface area contributed by atoms with Crippen LogP contribution in [0.4, 0.5) is 0 Å². The zero-order valence-corrected chi connectivity index (χ0v) is 12.4. The van der Waals surface area contributed by atoms with Gasteiger partial charge in [-0.15, -0.1) is 0 Å². The summed E-state index contributed by atoms with van der Waals surface area (Å²) < 4.78 is 27.1. The Bertz CT molecular complexity index is 561. The van der Waals surface area contributed by atoms with Gasteiger partial charge in [0.25, 0.3) is 0 Å². The second-order valence-electron chi connectivity index (χ2n) is 4.88. The highest BCUT2D eigenvalue weighted by Crippen LogP contribution is 2.16. The van der Waals surface area contributed by atoms with Crippen molar-refractivity contribution in [3.63, 3.8) is 0 Å². The number of hydrogen-bond acceptors (Lipinski definition) is 3. The standard InChI is InChI=1S/C14H20N2O2S/c1-4-11(2)9-12(3)16-19(17,18)14-8-6-5-7-13(14)10-15/h5-8,11-12,16H,4,9H2,1-3H3. The Morgan fingerprint density at radius 2 is 1.95 bits per heavy atom. The third-order valence-electron chi connectivity index (χ3n) is 3.11. The number of nitriles is 1. The third kappa shape index (κ3) is 4.34. The summed E-state index contributed by atoms with van der Waals surface area (Å²) in [6.45, 7) is 6.02. The van der Waals surface area contributed by atoms with Crippen LogP contribution < -0.4 is 4.72 Å². The van der Waals surface area contributed by atoms with Gasteiger partial charge in [0.05, 0.1) is 10.5 Å². The lowest BCUT2D eigenvalue weighted by Crippen LogP contribution is -2.34. The highest BCUT2D eigenvalue weighted by Gasteiger charge is 2.21. The van der Waals surface area contributed by atoms with Crippen molar-refractivity contribution < 1.29 is 8.42 Å². The van der Waals surface area contributed by atoms with Crippen molar-refractivity contribution in [2.24, 2.45) is 5.92 Å². The van der Waals surface area contributed by atoms with Crippen molar-refractivity contribution in [2.75, 3.05) is 0 Å². The van der Waals surface area contributed by atoms with Gasteiger partial charge in [-0.25, -0.2) is 13.1 Å². The molecule has 0 spiro atoms. The average Bonchev–Trinajstić information content (AvgIpc) is 2.37. The molecule has 4 nitrogen and oxygen atoms in total. The van der Waals surface area contributed by atoms with E-state index in [1.807, 2.05) is 13.0 Å². The molecule has 1 rings (SSSR count). The lowest BCUT2D eigenvalue weighted by Gasteiger charge is -2.18. The maximum absolute atomic E-state index is 12.2. The first-order chi connectivity index (χ1) is 8.90. The maximum Gasteiger partial charge on any atom is 0.242 e. The number of nitrogens with zero attached hydrogens (tertiary/aromatic N) is 1. The Hall–Kier alpha value is -1.38. The van der Waals surface area contributed by atoms with Gasteiger partial charge in [-0.1, -0.05) is 32.4 Å². The lowest BCUT2D eigenvalue weighted by molar-refractivity contribution is 0.445. The second kappa shape index (κ2) is 6.69. The molecule has 2 unspecified atom stereocenters. The minimum Gasteiger partial charge on any atom is -0.208 e. The van der Waals surface area contributed by atoms with Crippen LogP contribution in [0.1, 0.15) is 39.2 Å². The van der Waals surface area contributed by atoms with Crippen LogP contribution in [-0.2, 0) is 10.0 Å². The minimum atomic E-state index is -3.63. The van der Waals surface area contributed by atoms with Gasteiger partial charge in [0.1, 0.15) is 6.07 Å². The number of sulfonamides is 1. The summed E-state index contributed by atoms with van der Waals surface area (Å²) in [6, 6.07) is 8.00. The molecule has 2 atom stereocenters. The number of hydrogen-bond donors (Lipinski definition) is 1. The zero-order valence-electron chi connectivity index (χ0n) is 11.6. The van der Waals surface area contributed by atoms with Gasteiger partial charge >= 0.3 is 0 Å². The van der Waals surface area contributed by atoms with Crippen LogP contribution in [0, 0.1) is 17.2 Å². The molecule has 0 bridgehead atoms. The van der Waals surface area contributed by atoms with Crippen LogP contribution in [0.2, 0.25) is 0 Å². The van der Waals surface area contributed by atoms with Crippen LogP contribution in [0.3, 0.4) is 0 Å². The van der Waals surface area contributed by atoms with E-state index in [0.29, 0.717) is 5.92 Å². The largest absolute Gasteiger partial charge is 0.242 e. The van der Waals surface area contributed by atoms with Crippen LogP contribution in [0.5, 0.6) is 0 Å². The third-order valence-corrected chi connectivity index (χ3v) is 4.75.